The third-order valence-electron chi connectivity index (χ3n) is 2.89. The summed E-state index contributed by atoms with van der Waals surface area (Å²) in [6.45, 7) is 2.56. The Morgan fingerprint density at radius 1 is 1.30 bits per heavy atom. The summed E-state index contributed by atoms with van der Waals surface area (Å²) in [5.41, 5.74) is 0. The summed E-state index contributed by atoms with van der Waals surface area (Å²) in [4.78, 5) is 11.8. The van der Waals surface area contributed by atoms with Gasteiger partial charge in [0.05, 0.1) is 5.02 Å². The third-order valence-corrected chi connectivity index (χ3v) is 3.21. The number of rotatable bonds is 9. The van der Waals surface area contributed by atoms with E-state index in [4.69, 9.17) is 21.4 Å². The van der Waals surface area contributed by atoms with E-state index in [-0.39, 0.29) is 12.5 Å². The molecular formula is C15H22ClNO3. The molecule has 0 aliphatic rings. The quantitative estimate of drug-likeness (QED) is 0.689. The summed E-state index contributed by atoms with van der Waals surface area (Å²) in [7, 11) is 0. The summed E-state index contributed by atoms with van der Waals surface area (Å²) in [5, 5.41) is 12.0. The van der Waals surface area contributed by atoms with Crippen molar-refractivity contribution in [3.63, 3.8) is 0 Å². The van der Waals surface area contributed by atoms with E-state index in [0.717, 1.165) is 25.7 Å². The van der Waals surface area contributed by atoms with Crippen LogP contribution in [0.1, 0.15) is 32.6 Å². The van der Waals surface area contributed by atoms with Gasteiger partial charge in [-0.1, -0.05) is 36.6 Å². The summed E-state index contributed by atoms with van der Waals surface area (Å²) < 4.78 is 5.53. The minimum atomic E-state index is -0.577. The van der Waals surface area contributed by atoms with E-state index in [1.807, 2.05) is 12.1 Å². The molecule has 0 bridgehead atoms. The lowest BCUT2D eigenvalue weighted by atomic mass is 10.2. The van der Waals surface area contributed by atoms with Crippen molar-refractivity contribution in [3.8, 4) is 5.75 Å². The Balaban J connectivity index is 2.24. The second-order valence-corrected chi connectivity index (χ2v) is 5.03. The lowest BCUT2D eigenvalue weighted by Gasteiger charge is -2.15. The molecule has 0 saturated carbocycles. The van der Waals surface area contributed by atoms with Crippen molar-refractivity contribution in [2.45, 2.75) is 38.7 Å². The van der Waals surface area contributed by atoms with E-state index in [9.17, 15) is 4.79 Å². The molecule has 5 heteroatoms. The second-order valence-electron chi connectivity index (χ2n) is 4.62. The van der Waals surface area contributed by atoms with Gasteiger partial charge in [-0.3, -0.25) is 4.79 Å². The number of nitrogens with one attached hydrogen (secondary N) is 1. The molecule has 1 aromatic carbocycles. The first-order valence-corrected chi connectivity index (χ1v) is 7.32. The molecule has 0 saturated heterocycles. The highest BCUT2D eigenvalue weighted by Crippen LogP contribution is 2.24. The lowest BCUT2D eigenvalue weighted by Crippen LogP contribution is -2.36. The molecule has 0 radical (unpaired) electrons. The average Bonchev–Trinajstić information content (AvgIpc) is 2.44. The SMILES string of the molecule is CC(Oc1ccccc1Cl)C(=O)NCCCCCCO. The third kappa shape index (κ3) is 6.26. The number of hydrogen-bond acceptors (Lipinski definition) is 3. The summed E-state index contributed by atoms with van der Waals surface area (Å²) >= 11 is 5.97. The predicted molar refractivity (Wildman–Crippen MR) is 80.1 cm³/mol. The molecule has 20 heavy (non-hydrogen) atoms. The van der Waals surface area contributed by atoms with Crippen LogP contribution in [-0.2, 0) is 4.79 Å². The molecule has 2 N–H and O–H groups in total. The Morgan fingerprint density at radius 3 is 2.70 bits per heavy atom. The van der Waals surface area contributed by atoms with E-state index in [2.05, 4.69) is 5.32 Å². The van der Waals surface area contributed by atoms with Crippen LogP contribution in [0.15, 0.2) is 24.3 Å². The number of unbranched alkanes of at least 4 members (excludes halogenated alkanes) is 3. The van der Waals surface area contributed by atoms with Gasteiger partial charge in [-0.15, -0.1) is 0 Å². The minimum Gasteiger partial charge on any atom is -0.479 e. The highest BCUT2D eigenvalue weighted by atomic mass is 35.5. The van der Waals surface area contributed by atoms with Gasteiger partial charge in [-0.25, -0.2) is 0 Å². The maximum atomic E-state index is 11.8. The number of carbonyl (C=O) groups excluding carboxylic acids is 1. The second kappa shape index (κ2) is 9.61. The highest BCUT2D eigenvalue weighted by Gasteiger charge is 2.15. The van der Waals surface area contributed by atoms with Gasteiger partial charge in [0.2, 0.25) is 0 Å². The molecule has 0 aliphatic heterocycles. The van der Waals surface area contributed by atoms with Crippen molar-refractivity contribution < 1.29 is 14.6 Å². The van der Waals surface area contributed by atoms with Crippen LogP contribution in [0.4, 0.5) is 0 Å². The van der Waals surface area contributed by atoms with E-state index in [1.165, 1.54) is 0 Å². The summed E-state index contributed by atoms with van der Waals surface area (Å²) in [5.74, 6) is 0.367. The number of halogens is 1. The molecule has 0 aliphatic carbocycles. The molecule has 4 nitrogen and oxygen atoms in total. The zero-order valence-electron chi connectivity index (χ0n) is 11.8. The van der Waals surface area contributed by atoms with Crippen molar-refractivity contribution in [2.75, 3.05) is 13.2 Å². The number of aliphatic hydroxyl groups excluding tert-OH is 1. The van der Waals surface area contributed by atoms with Gasteiger partial charge in [0.25, 0.3) is 5.91 Å². The van der Waals surface area contributed by atoms with E-state index in [0.29, 0.717) is 17.3 Å². The Bertz CT molecular complexity index is 412. The van der Waals surface area contributed by atoms with Crippen molar-refractivity contribution in [1.29, 1.82) is 0 Å². The van der Waals surface area contributed by atoms with Crippen LogP contribution in [0.25, 0.3) is 0 Å². The maximum absolute atomic E-state index is 11.8. The van der Waals surface area contributed by atoms with Crippen LogP contribution < -0.4 is 10.1 Å². The number of hydrogen-bond donors (Lipinski definition) is 2. The van der Waals surface area contributed by atoms with Gasteiger partial charge in [0.15, 0.2) is 6.10 Å². The fourth-order valence-electron chi connectivity index (χ4n) is 1.73. The van der Waals surface area contributed by atoms with Gasteiger partial charge < -0.3 is 15.2 Å². The standard InChI is InChI=1S/C15H22ClNO3/c1-12(20-14-9-5-4-8-13(14)16)15(19)17-10-6-2-3-7-11-18/h4-5,8-9,12,18H,2-3,6-7,10-11H2,1H3,(H,17,19). The van der Waals surface area contributed by atoms with Crippen molar-refractivity contribution in [1.82, 2.24) is 5.32 Å². The Labute approximate surface area is 125 Å². The first kappa shape index (κ1) is 16.8. The van der Waals surface area contributed by atoms with Crippen molar-refractivity contribution in [2.24, 2.45) is 0 Å². The van der Waals surface area contributed by atoms with Gasteiger partial charge >= 0.3 is 0 Å². The average molecular weight is 300 g/mol. The molecule has 0 spiro atoms. The fourth-order valence-corrected chi connectivity index (χ4v) is 1.91. The largest absolute Gasteiger partial charge is 0.479 e. The normalized spacial score (nSPS) is 11.9. The highest BCUT2D eigenvalue weighted by molar-refractivity contribution is 6.32. The van der Waals surface area contributed by atoms with Gasteiger partial charge in [-0.2, -0.15) is 0 Å². The maximum Gasteiger partial charge on any atom is 0.260 e. The molecule has 1 unspecified atom stereocenters. The van der Waals surface area contributed by atoms with Crippen LogP contribution >= 0.6 is 11.6 Å². The van der Waals surface area contributed by atoms with Crippen LogP contribution in [-0.4, -0.2) is 30.3 Å². The van der Waals surface area contributed by atoms with Crippen molar-refractivity contribution >= 4 is 17.5 Å². The van der Waals surface area contributed by atoms with Crippen LogP contribution in [0.3, 0.4) is 0 Å². The van der Waals surface area contributed by atoms with E-state index >= 15 is 0 Å². The molecule has 1 atom stereocenters. The molecule has 0 heterocycles. The molecule has 1 aromatic rings. The smallest absolute Gasteiger partial charge is 0.260 e. The van der Waals surface area contributed by atoms with E-state index < -0.39 is 6.10 Å². The first-order chi connectivity index (χ1) is 9.65. The Morgan fingerprint density at radius 2 is 2.00 bits per heavy atom. The topological polar surface area (TPSA) is 58.6 Å². The molecule has 0 fully saturated rings. The predicted octanol–water partition coefficient (Wildman–Crippen LogP) is 2.78. The van der Waals surface area contributed by atoms with Crippen LogP contribution in [0.5, 0.6) is 5.75 Å². The summed E-state index contributed by atoms with van der Waals surface area (Å²) in [6, 6.07) is 7.09. The van der Waals surface area contributed by atoms with Gasteiger partial charge in [-0.05, 0) is 31.9 Å². The Hall–Kier alpha value is -1.26. The molecule has 1 amide bonds. The zero-order valence-corrected chi connectivity index (χ0v) is 12.5. The fraction of sp³-hybridized carbons (Fsp3) is 0.533. The number of amides is 1. The van der Waals surface area contributed by atoms with Crippen molar-refractivity contribution in [3.05, 3.63) is 29.3 Å². The van der Waals surface area contributed by atoms with E-state index in [1.54, 1.807) is 19.1 Å². The van der Waals surface area contributed by atoms with Gasteiger partial charge in [0.1, 0.15) is 5.75 Å². The lowest BCUT2D eigenvalue weighted by molar-refractivity contribution is -0.127. The number of benzene rings is 1. The molecule has 1 rings (SSSR count). The Kier molecular flexibility index (Phi) is 8.07. The zero-order chi connectivity index (χ0) is 14.8. The number of ether oxygens (including phenoxy) is 1. The van der Waals surface area contributed by atoms with Crippen LogP contribution in [0, 0.1) is 0 Å². The first-order valence-electron chi connectivity index (χ1n) is 6.95. The molecule has 0 aromatic heterocycles. The van der Waals surface area contributed by atoms with Crippen LogP contribution in [0.2, 0.25) is 5.02 Å². The number of aliphatic hydroxyl groups is 1. The number of carbonyl (C=O) groups is 1. The number of para-hydroxylation sites is 1. The molecular weight excluding hydrogens is 278 g/mol. The molecule has 112 valence electrons. The van der Waals surface area contributed by atoms with Gasteiger partial charge in [0, 0.05) is 13.2 Å². The minimum absolute atomic E-state index is 0.146. The summed E-state index contributed by atoms with van der Waals surface area (Å²) in [6.07, 6.45) is 3.13. The monoisotopic (exact) mass is 299 g/mol.